The van der Waals surface area contributed by atoms with Crippen LogP contribution in [-0.2, 0) is 9.53 Å². The summed E-state index contributed by atoms with van der Waals surface area (Å²) in [7, 11) is 0. The zero-order valence-corrected chi connectivity index (χ0v) is 10.4. The van der Waals surface area contributed by atoms with Crippen molar-refractivity contribution in [2.75, 3.05) is 6.54 Å². The molecule has 0 unspecified atom stereocenters. The van der Waals surface area contributed by atoms with Gasteiger partial charge in [0.05, 0.1) is 0 Å². The molecular weight excluding hydrogens is 214 g/mol. The van der Waals surface area contributed by atoms with Crippen LogP contribution in [0.2, 0.25) is 0 Å². The molecule has 3 heteroatoms. The lowest BCUT2D eigenvalue weighted by Crippen LogP contribution is -2.28. The molecule has 0 saturated heterocycles. The molecule has 1 aliphatic rings. The molecule has 1 atom stereocenters. The number of ketones is 1. The van der Waals surface area contributed by atoms with Crippen molar-refractivity contribution < 1.29 is 9.53 Å². The van der Waals surface area contributed by atoms with E-state index in [2.05, 4.69) is 4.99 Å². The highest BCUT2D eigenvalue weighted by Gasteiger charge is 2.34. The van der Waals surface area contributed by atoms with Crippen LogP contribution in [0.25, 0.3) is 0 Å². The predicted molar refractivity (Wildman–Crippen MR) is 67.3 cm³/mol. The van der Waals surface area contributed by atoms with Crippen molar-refractivity contribution in [1.82, 2.24) is 0 Å². The summed E-state index contributed by atoms with van der Waals surface area (Å²) >= 11 is 0. The van der Waals surface area contributed by atoms with Gasteiger partial charge in [-0.1, -0.05) is 30.3 Å². The molecule has 0 aliphatic carbocycles. The second kappa shape index (κ2) is 4.32. The molecule has 1 heterocycles. The number of carbonyl (C=O) groups is 1. The molecule has 0 saturated carbocycles. The van der Waals surface area contributed by atoms with Crippen molar-refractivity contribution in [2.45, 2.75) is 32.3 Å². The van der Waals surface area contributed by atoms with E-state index in [9.17, 15) is 4.79 Å². The summed E-state index contributed by atoms with van der Waals surface area (Å²) in [5, 5.41) is 0. The summed E-state index contributed by atoms with van der Waals surface area (Å²) in [5.41, 5.74) is 0.634. The highest BCUT2D eigenvalue weighted by atomic mass is 16.5. The molecule has 0 radical (unpaired) electrons. The quantitative estimate of drug-likeness (QED) is 0.745. The fourth-order valence-electron chi connectivity index (χ4n) is 1.85. The van der Waals surface area contributed by atoms with Crippen LogP contribution in [0.1, 0.15) is 32.3 Å². The largest absolute Gasteiger partial charge is 0.474 e. The van der Waals surface area contributed by atoms with Crippen molar-refractivity contribution in [3.63, 3.8) is 0 Å². The van der Waals surface area contributed by atoms with E-state index in [0.29, 0.717) is 5.90 Å². The molecule has 1 aromatic carbocycles. The van der Waals surface area contributed by atoms with E-state index in [0.717, 1.165) is 5.56 Å². The minimum Gasteiger partial charge on any atom is -0.474 e. The fraction of sp³-hybridized carbons (Fsp3) is 0.429. The average Bonchev–Trinajstić information content (AvgIpc) is 2.58. The Labute approximate surface area is 102 Å². The van der Waals surface area contributed by atoms with E-state index in [-0.39, 0.29) is 23.8 Å². The molecule has 1 aromatic rings. The molecule has 3 nitrogen and oxygen atoms in total. The summed E-state index contributed by atoms with van der Waals surface area (Å²) in [6.07, 6.45) is 0. The zero-order chi connectivity index (χ0) is 12.5. The van der Waals surface area contributed by atoms with E-state index in [1.807, 2.05) is 51.1 Å². The van der Waals surface area contributed by atoms with Crippen molar-refractivity contribution in [2.24, 2.45) is 4.99 Å². The summed E-state index contributed by atoms with van der Waals surface area (Å²) in [6, 6.07) is 9.67. The van der Waals surface area contributed by atoms with Gasteiger partial charge in [0.1, 0.15) is 18.1 Å². The lowest BCUT2D eigenvalue weighted by molar-refractivity contribution is -0.117. The third-order valence-corrected chi connectivity index (χ3v) is 2.50. The molecule has 0 N–H and O–H groups in total. The third-order valence-electron chi connectivity index (χ3n) is 2.50. The molecule has 17 heavy (non-hydrogen) atoms. The minimum absolute atomic E-state index is 0.107. The Bertz CT molecular complexity index is 443. The molecule has 2 rings (SSSR count). The number of hydrogen-bond donors (Lipinski definition) is 0. The van der Waals surface area contributed by atoms with Crippen LogP contribution < -0.4 is 0 Å². The van der Waals surface area contributed by atoms with E-state index in [1.165, 1.54) is 0 Å². The van der Waals surface area contributed by atoms with Crippen LogP contribution in [0, 0.1) is 0 Å². The molecule has 0 bridgehead atoms. The molecular formula is C14H17NO2. The van der Waals surface area contributed by atoms with Gasteiger partial charge >= 0.3 is 0 Å². The Kier molecular flexibility index (Phi) is 3.01. The molecule has 0 amide bonds. The number of ether oxygens (including phenoxy) is 1. The van der Waals surface area contributed by atoms with E-state index in [1.54, 1.807) is 0 Å². The van der Waals surface area contributed by atoms with Crippen molar-refractivity contribution >= 4 is 11.7 Å². The number of Topliss-reactive ketones (excluding diaryl/α,β-unsaturated/α-hetero) is 1. The van der Waals surface area contributed by atoms with Gasteiger partial charge in [-0.2, -0.15) is 0 Å². The van der Waals surface area contributed by atoms with Crippen LogP contribution in [0.4, 0.5) is 0 Å². The first-order valence-electron chi connectivity index (χ1n) is 5.78. The number of nitrogens with zero attached hydrogens (tertiary/aromatic N) is 1. The first-order chi connectivity index (χ1) is 7.97. The number of hydrogen-bond acceptors (Lipinski definition) is 3. The maximum absolute atomic E-state index is 11.9. The van der Waals surface area contributed by atoms with Gasteiger partial charge in [0.15, 0.2) is 11.7 Å². The summed E-state index contributed by atoms with van der Waals surface area (Å²) in [4.78, 5) is 16.1. The van der Waals surface area contributed by atoms with Gasteiger partial charge in [-0.3, -0.25) is 4.79 Å². The van der Waals surface area contributed by atoms with Gasteiger partial charge in [0.25, 0.3) is 0 Å². The number of aliphatic imine (C=N–C) groups is 1. The van der Waals surface area contributed by atoms with E-state index < -0.39 is 0 Å². The Morgan fingerprint density at radius 1 is 1.24 bits per heavy atom. The monoisotopic (exact) mass is 231 g/mol. The van der Waals surface area contributed by atoms with Gasteiger partial charge in [0, 0.05) is 0 Å². The summed E-state index contributed by atoms with van der Waals surface area (Å²) in [6.45, 7) is 6.10. The van der Waals surface area contributed by atoms with Crippen LogP contribution >= 0.6 is 0 Å². The minimum atomic E-state index is -0.324. The number of rotatable bonds is 1. The van der Waals surface area contributed by atoms with Gasteiger partial charge < -0.3 is 4.74 Å². The first-order valence-corrected chi connectivity index (χ1v) is 5.78. The number of benzene rings is 1. The normalized spacial score (nSPS) is 20.3. The van der Waals surface area contributed by atoms with Crippen LogP contribution in [0.15, 0.2) is 35.3 Å². The number of carbonyl (C=O) groups excluding carboxylic acids is 1. The fourth-order valence-corrected chi connectivity index (χ4v) is 1.85. The maximum Gasteiger partial charge on any atom is 0.199 e. The lowest BCUT2D eigenvalue weighted by Gasteiger charge is -2.23. The Hall–Kier alpha value is -1.64. The topological polar surface area (TPSA) is 38.7 Å². The Morgan fingerprint density at radius 3 is 2.47 bits per heavy atom. The summed E-state index contributed by atoms with van der Waals surface area (Å²) in [5.74, 6) is 0.333. The molecule has 0 fully saturated rings. The van der Waals surface area contributed by atoms with Gasteiger partial charge in [-0.25, -0.2) is 4.99 Å². The zero-order valence-electron chi connectivity index (χ0n) is 10.4. The van der Waals surface area contributed by atoms with E-state index >= 15 is 0 Å². The second-order valence-electron chi connectivity index (χ2n) is 5.18. The first kappa shape index (κ1) is 11.8. The highest BCUT2D eigenvalue weighted by Crippen LogP contribution is 2.26. The van der Waals surface area contributed by atoms with Crippen molar-refractivity contribution in [3.8, 4) is 0 Å². The van der Waals surface area contributed by atoms with Crippen LogP contribution in [0.5, 0.6) is 0 Å². The Morgan fingerprint density at radius 2 is 1.88 bits per heavy atom. The van der Waals surface area contributed by atoms with Crippen molar-refractivity contribution in [3.05, 3.63) is 35.9 Å². The molecule has 0 aromatic heterocycles. The third kappa shape index (κ3) is 2.73. The second-order valence-corrected chi connectivity index (χ2v) is 5.18. The summed E-state index contributed by atoms with van der Waals surface area (Å²) < 4.78 is 5.77. The standard InChI is InChI=1S/C14H17NO2/c1-14(2,3)17-13-12(11(16)9-15-13)10-7-5-4-6-8-10/h4-8,12H,9H2,1-3H3/t12-/m0/s1. The molecule has 90 valence electrons. The van der Waals surface area contributed by atoms with Gasteiger partial charge in [0.2, 0.25) is 0 Å². The molecule has 0 spiro atoms. The van der Waals surface area contributed by atoms with Crippen LogP contribution in [-0.4, -0.2) is 23.8 Å². The van der Waals surface area contributed by atoms with Crippen LogP contribution in [0.3, 0.4) is 0 Å². The van der Waals surface area contributed by atoms with Gasteiger partial charge in [-0.15, -0.1) is 0 Å². The SMILES string of the molecule is CC(C)(C)OC1=NCC(=O)[C@@H]1c1ccccc1. The maximum atomic E-state index is 11.9. The lowest BCUT2D eigenvalue weighted by atomic mass is 9.96. The van der Waals surface area contributed by atoms with E-state index in [4.69, 9.17) is 4.74 Å². The predicted octanol–water partition coefficient (Wildman–Crippen LogP) is 2.57. The Balaban J connectivity index is 2.26. The smallest absolute Gasteiger partial charge is 0.199 e. The highest BCUT2D eigenvalue weighted by molar-refractivity contribution is 6.12. The van der Waals surface area contributed by atoms with Crippen molar-refractivity contribution in [1.29, 1.82) is 0 Å². The average molecular weight is 231 g/mol. The van der Waals surface area contributed by atoms with Gasteiger partial charge in [-0.05, 0) is 26.3 Å². The molecule has 1 aliphatic heterocycles.